The van der Waals surface area contributed by atoms with E-state index in [9.17, 15) is 31.4 Å². The molecule has 0 heterocycles. The van der Waals surface area contributed by atoms with Crippen molar-refractivity contribution in [2.45, 2.75) is 51.6 Å². The van der Waals surface area contributed by atoms with Gasteiger partial charge < -0.3 is 19.3 Å². The first-order valence-electron chi connectivity index (χ1n) is 9.09. The maximum absolute atomic E-state index is 14.0. The smallest absolute Gasteiger partial charge is 0.430 e. The molecule has 0 saturated heterocycles. The molecule has 1 unspecified atom stereocenters. The molecule has 0 bridgehead atoms. The first-order chi connectivity index (χ1) is 14.2. The third-order valence-corrected chi connectivity index (χ3v) is 4.57. The normalized spacial score (nSPS) is 13.8. The fourth-order valence-electron chi connectivity index (χ4n) is 3.16. The molecule has 31 heavy (non-hydrogen) atoms. The minimum absolute atomic E-state index is 0.00727. The number of methoxy groups -OCH3 is 1. The van der Waals surface area contributed by atoms with E-state index in [0.29, 0.717) is 17.9 Å². The van der Waals surface area contributed by atoms with Crippen LogP contribution in [0, 0.1) is 13.8 Å². The van der Waals surface area contributed by atoms with Gasteiger partial charge in [-0.05, 0) is 61.7 Å². The molecule has 0 aliphatic heterocycles. The molecule has 10 heteroatoms. The molecular formula is C21H22F6O4. The lowest BCUT2D eigenvalue weighted by atomic mass is 9.88. The topological polar surface area (TPSA) is 47.9 Å². The van der Waals surface area contributed by atoms with Crippen LogP contribution in [0.4, 0.5) is 26.3 Å². The average molecular weight is 452 g/mol. The van der Waals surface area contributed by atoms with Crippen molar-refractivity contribution in [3.05, 3.63) is 58.7 Å². The van der Waals surface area contributed by atoms with Gasteiger partial charge in [0.25, 0.3) is 5.60 Å². The number of halogens is 6. The second-order valence-electron chi connectivity index (χ2n) is 6.97. The summed E-state index contributed by atoms with van der Waals surface area (Å²) in [5, 5.41) is 9.37. The van der Waals surface area contributed by atoms with E-state index in [2.05, 4.69) is 4.74 Å². The molecule has 0 aliphatic rings. The van der Waals surface area contributed by atoms with Crippen LogP contribution in [0.15, 0.2) is 36.4 Å². The average Bonchev–Trinajstić information content (AvgIpc) is 2.63. The van der Waals surface area contributed by atoms with Crippen LogP contribution in [0.25, 0.3) is 0 Å². The van der Waals surface area contributed by atoms with Gasteiger partial charge in [-0.1, -0.05) is 12.1 Å². The number of aliphatic hydroxyl groups excluding tert-OH is 1. The van der Waals surface area contributed by atoms with Crippen LogP contribution in [0.1, 0.15) is 29.2 Å². The molecule has 2 aromatic rings. The zero-order chi connectivity index (χ0) is 23.6. The Morgan fingerprint density at radius 2 is 1.39 bits per heavy atom. The molecule has 0 aliphatic carbocycles. The quantitative estimate of drug-likeness (QED) is 0.441. The van der Waals surface area contributed by atoms with Gasteiger partial charge in [-0.15, -0.1) is 0 Å². The van der Waals surface area contributed by atoms with E-state index in [1.165, 1.54) is 52.1 Å². The number of aliphatic hydroxyl groups is 1. The van der Waals surface area contributed by atoms with Crippen LogP contribution in [0.2, 0.25) is 0 Å². The third kappa shape index (κ3) is 5.07. The maximum atomic E-state index is 14.0. The van der Waals surface area contributed by atoms with Crippen LogP contribution in [0.5, 0.6) is 11.5 Å². The predicted octanol–water partition coefficient (Wildman–Crippen LogP) is 5.57. The summed E-state index contributed by atoms with van der Waals surface area (Å²) in [5.74, 6) is 0.383. The maximum Gasteiger partial charge on any atom is 0.430 e. The van der Waals surface area contributed by atoms with Gasteiger partial charge >= 0.3 is 12.4 Å². The number of aryl methyl sites for hydroxylation is 2. The summed E-state index contributed by atoms with van der Waals surface area (Å²) in [7, 11) is 1.37. The summed E-state index contributed by atoms with van der Waals surface area (Å²) in [6.07, 6.45) is -12.9. The molecule has 172 valence electrons. The number of benzene rings is 2. The molecule has 2 aromatic carbocycles. The highest BCUT2D eigenvalue weighted by Crippen LogP contribution is 2.54. The molecule has 0 spiro atoms. The van der Waals surface area contributed by atoms with Crippen molar-refractivity contribution in [3.8, 4) is 11.5 Å². The Morgan fingerprint density at radius 1 is 0.903 bits per heavy atom. The van der Waals surface area contributed by atoms with Gasteiger partial charge in [0.05, 0.1) is 13.7 Å². The van der Waals surface area contributed by atoms with Gasteiger partial charge in [0.2, 0.25) is 0 Å². The fourth-order valence-corrected chi connectivity index (χ4v) is 3.16. The van der Waals surface area contributed by atoms with Crippen molar-refractivity contribution in [1.29, 1.82) is 0 Å². The Labute approximate surface area is 175 Å². The van der Waals surface area contributed by atoms with Crippen molar-refractivity contribution in [3.63, 3.8) is 0 Å². The van der Waals surface area contributed by atoms with Crippen molar-refractivity contribution in [1.82, 2.24) is 0 Å². The van der Waals surface area contributed by atoms with E-state index in [1.807, 2.05) is 0 Å². The lowest BCUT2D eigenvalue weighted by Crippen LogP contribution is -2.56. The monoisotopic (exact) mass is 452 g/mol. The van der Waals surface area contributed by atoms with Crippen molar-refractivity contribution >= 4 is 0 Å². The Bertz CT molecular complexity index is 851. The molecule has 1 N–H and O–H groups in total. The highest BCUT2D eigenvalue weighted by atomic mass is 19.4. The Kier molecular flexibility index (Phi) is 7.17. The first kappa shape index (κ1) is 24.8. The SMILES string of the molecule is COc1ccc(COC(c2cc(C)c(OC(C)O)c(C)c2)(C(F)(F)F)C(F)(F)F)cc1. The van der Waals surface area contributed by atoms with Gasteiger partial charge in [0, 0.05) is 5.56 Å². The van der Waals surface area contributed by atoms with Gasteiger partial charge in [-0.3, -0.25) is 0 Å². The van der Waals surface area contributed by atoms with Crippen LogP contribution < -0.4 is 9.47 Å². The molecule has 4 nitrogen and oxygen atoms in total. The zero-order valence-corrected chi connectivity index (χ0v) is 17.2. The zero-order valence-electron chi connectivity index (χ0n) is 17.2. The van der Waals surface area contributed by atoms with Crippen LogP contribution in [0.3, 0.4) is 0 Å². The number of hydrogen-bond acceptors (Lipinski definition) is 4. The van der Waals surface area contributed by atoms with Crippen LogP contribution in [-0.4, -0.2) is 30.9 Å². The van der Waals surface area contributed by atoms with E-state index in [1.54, 1.807) is 0 Å². The first-order valence-corrected chi connectivity index (χ1v) is 9.09. The van der Waals surface area contributed by atoms with Gasteiger partial charge in [0.15, 0.2) is 6.29 Å². The second kappa shape index (κ2) is 8.96. The van der Waals surface area contributed by atoms with Crippen LogP contribution >= 0.6 is 0 Å². The number of rotatable bonds is 7. The predicted molar refractivity (Wildman–Crippen MR) is 99.8 cm³/mol. The highest BCUT2D eigenvalue weighted by Gasteiger charge is 2.73. The standard InChI is InChI=1S/C21H22F6O4/c1-12-9-16(10-13(2)18(12)31-14(3)28)19(20(22,23)24,21(25,26)27)30-11-15-5-7-17(29-4)8-6-15/h5-10,14,28H,11H2,1-4H3. The lowest BCUT2D eigenvalue weighted by Gasteiger charge is -2.38. The van der Waals surface area contributed by atoms with Gasteiger partial charge in [-0.2, -0.15) is 26.3 Å². The number of alkyl halides is 6. The van der Waals surface area contributed by atoms with Gasteiger partial charge in [0.1, 0.15) is 11.5 Å². The highest BCUT2D eigenvalue weighted by molar-refractivity contribution is 5.46. The Balaban J connectivity index is 2.59. The van der Waals surface area contributed by atoms with E-state index >= 15 is 0 Å². The number of hydrogen-bond donors (Lipinski definition) is 1. The van der Waals surface area contributed by atoms with E-state index in [-0.39, 0.29) is 22.4 Å². The van der Waals surface area contributed by atoms with Crippen molar-refractivity contribution in [2.75, 3.05) is 7.11 Å². The summed E-state index contributed by atoms with van der Waals surface area (Å²) in [4.78, 5) is 0. The summed E-state index contributed by atoms with van der Waals surface area (Å²) in [5.41, 5.74) is -5.63. The largest absolute Gasteiger partial charge is 0.497 e. The minimum atomic E-state index is -5.82. The summed E-state index contributed by atoms with van der Waals surface area (Å²) in [6.45, 7) is 2.89. The van der Waals surface area contributed by atoms with Crippen LogP contribution in [-0.2, 0) is 16.9 Å². The summed E-state index contributed by atoms with van der Waals surface area (Å²) in [6, 6.07) is 6.84. The second-order valence-corrected chi connectivity index (χ2v) is 6.97. The lowest BCUT2D eigenvalue weighted by molar-refractivity contribution is -0.392. The molecular weight excluding hydrogens is 430 g/mol. The summed E-state index contributed by atoms with van der Waals surface area (Å²) >= 11 is 0. The van der Waals surface area contributed by atoms with Gasteiger partial charge in [-0.25, -0.2) is 0 Å². The molecule has 0 amide bonds. The Hall–Kier alpha value is -2.46. The Morgan fingerprint density at radius 3 is 1.77 bits per heavy atom. The third-order valence-electron chi connectivity index (χ3n) is 4.57. The molecule has 0 radical (unpaired) electrons. The van der Waals surface area contributed by atoms with E-state index in [4.69, 9.17) is 9.47 Å². The number of ether oxygens (including phenoxy) is 3. The molecule has 0 fully saturated rings. The minimum Gasteiger partial charge on any atom is -0.497 e. The summed E-state index contributed by atoms with van der Waals surface area (Å²) < 4.78 is 98.8. The van der Waals surface area contributed by atoms with E-state index in [0.717, 1.165) is 0 Å². The molecule has 0 saturated carbocycles. The van der Waals surface area contributed by atoms with Crippen molar-refractivity contribution in [2.24, 2.45) is 0 Å². The van der Waals surface area contributed by atoms with E-state index < -0.39 is 36.4 Å². The molecule has 1 atom stereocenters. The fraction of sp³-hybridized carbons (Fsp3) is 0.429. The molecule has 2 rings (SSSR count). The van der Waals surface area contributed by atoms with Crippen molar-refractivity contribution < 1.29 is 45.7 Å². The molecule has 0 aromatic heterocycles.